The molecule has 0 radical (unpaired) electrons. The SMILES string of the molecule is CC(=O)OCCCNc1ccc(N2CCOC(C)(C)C2=O)cc1N. The highest BCUT2D eigenvalue weighted by Gasteiger charge is 2.37. The van der Waals surface area contributed by atoms with Crippen LogP contribution in [0.1, 0.15) is 27.2 Å². The lowest BCUT2D eigenvalue weighted by molar-refractivity contribution is -0.144. The van der Waals surface area contributed by atoms with Crippen LogP contribution < -0.4 is 16.0 Å². The summed E-state index contributed by atoms with van der Waals surface area (Å²) in [5.41, 5.74) is 7.39. The summed E-state index contributed by atoms with van der Waals surface area (Å²) in [6.07, 6.45) is 0.691. The van der Waals surface area contributed by atoms with Gasteiger partial charge in [-0.25, -0.2) is 0 Å². The van der Waals surface area contributed by atoms with Crippen LogP contribution in [0.4, 0.5) is 17.1 Å². The maximum atomic E-state index is 12.4. The average Bonchev–Trinajstić information content (AvgIpc) is 2.51. The van der Waals surface area contributed by atoms with Gasteiger partial charge in [0.25, 0.3) is 5.91 Å². The zero-order valence-corrected chi connectivity index (χ0v) is 14.4. The summed E-state index contributed by atoms with van der Waals surface area (Å²) in [6.45, 7) is 6.94. The van der Waals surface area contributed by atoms with Crippen LogP contribution in [-0.2, 0) is 19.1 Å². The molecule has 1 heterocycles. The van der Waals surface area contributed by atoms with Crippen molar-refractivity contribution >= 4 is 28.9 Å². The van der Waals surface area contributed by atoms with Gasteiger partial charge in [0.05, 0.1) is 24.6 Å². The van der Waals surface area contributed by atoms with E-state index in [4.69, 9.17) is 15.2 Å². The standard InChI is InChI=1S/C17H25N3O4/c1-12(21)23-9-4-7-19-15-6-5-13(11-14(15)18)20-8-10-24-17(2,3)16(20)22/h5-6,11,19H,4,7-10,18H2,1-3H3. The zero-order chi connectivity index (χ0) is 17.7. The molecular weight excluding hydrogens is 310 g/mol. The maximum Gasteiger partial charge on any atom is 0.302 e. The van der Waals surface area contributed by atoms with Crippen LogP contribution in [0.25, 0.3) is 0 Å². The van der Waals surface area contributed by atoms with Crippen LogP contribution in [0, 0.1) is 0 Å². The molecule has 0 aliphatic carbocycles. The number of ether oxygens (including phenoxy) is 2. The van der Waals surface area contributed by atoms with Crippen LogP contribution in [-0.4, -0.2) is 43.8 Å². The summed E-state index contributed by atoms with van der Waals surface area (Å²) in [5.74, 6) is -0.354. The van der Waals surface area contributed by atoms with Crippen molar-refractivity contribution in [3.63, 3.8) is 0 Å². The first-order chi connectivity index (χ1) is 11.3. The lowest BCUT2D eigenvalue weighted by atomic mass is 10.1. The summed E-state index contributed by atoms with van der Waals surface area (Å²) >= 11 is 0. The minimum Gasteiger partial charge on any atom is -0.466 e. The lowest BCUT2D eigenvalue weighted by Crippen LogP contribution is -2.53. The monoisotopic (exact) mass is 335 g/mol. The summed E-state index contributed by atoms with van der Waals surface area (Å²) in [4.78, 5) is 24.8. The van der Waals surface area contributed by atoms with E-state index in [1.54, 1.807) is 24.8 Å². The number of hydrogen-bond donors (Lipinski definition) is 2. The first kappa shape index (κ1) is 18.1. The van der Waals surface area contributed by atoms with Gasteiger partial charge in [-0.1, -0.05) is 0 Å². The summed E-state index contributed by atoms with van der Waals surface area (Å²) in [5, 5.41) is 3.20. The fourth-order valence-corrected chi connectivity index (χ4v) is 2.52. The minimum atomic E-state index is -0.819. The van der Waals surface area contributed by atoms with E-state index in [2.05, 4.69) is 5.32 Å². The Balaban J connectivity index is 1.97. The van der Waals surface area contributed by atoms with Gasteiger partial charge in [-0.05, 0) is 38.5 Å². The average molecular weight is 335 g/mol. The molecule has 24 heavy (non-hydrogen) atoms. The number of hydrogen-bond acceptors (Lipinski definition) is 6. The first-order valence-corrected chi connectivity index (χ1v) is 8.04. The van der Waals surface area contributed by atoms with E-state index in [0.717, 1.165) is 11.4 Å². The highest BCUT2D eigenvalue weighted by atomic mass is 16.5. The minimum absolute atomic E-state index is 0.0739. The second-order valence-corrected chi connectivity index (χ2v) is 6.21. The quantitative estimate of drug-likeness (QED) is 0.467. The molecule has 1 aliphatic rings. The molecule has 1 aliphatic heterocycles. The van der Waals surface area contributed by atoms with E-state index in [1.807, 2.05) is 12.1 Å². The number of morpholine rings is 1. The predicted molar refractivity (Wildman–Crippen MR) is 93.0 cm³/mol. The third-order valence-electron chi connectivity index (χ3n) is 3.83. The van der Waals surface area contributed by atoms with Crippen molar-refractivity contribution in [2.24, 2.45) is 0 Å². The molecule has 132 valence electrons. The number of nitrogens with one attached hydrogen (secondary N) is 1. The molecular formula is C17H25N3O4. The summed E-state index contributed by atoms with van der Waals surface area (Å²) in [6, 6.07) is 5.50. The number of esters is 1. The Bertz CT molecular complexity index is 616. The predicted octanol–water partition coefficient (Wildman–Crippen LogP) is 1.78. The van der Waals surface area contributed by atoms with Gasteiger partial charge < -0.3 is 25.4 Å². The van der Waals surface area contributed by atoms with E-state index in [0.29, 0.717) is 38.4 Å². The van der Waals surface area contributed by atoms with E-state index in [-0.39, 0.29) is 11.9 Å². The van der Waals surface area contributed by atoms with E-state index >= 15 is 0 Å². The molecule has 1 aromatic carbocycles. The van der Waals surface area contributed by atoms with Crippen molar-refractivity contribution in [3.8, 4) is 0 Å². The Hall–Kier alpha value is -2.28. The van der Waals surface area contributed by atoms with Crippen LogP contribution in [0.2, 0.25) is 0 Å². The van der Waals surface area contributed by atoms with E-state index in [9.17, 15) is 9.59 Å². The van der Waals surface area contributed by atoms with Crippen molar-refractivity contribution < 1.29 is 19.1 Å². The Morgan fingerprint density at radius 2 is 2.21 bits per heavy atom. The second kappa shape index (κ2) is 7.53. The zero-order valence-electron chi connectivity index (χ0n) is 14.4. The first-order valence-electron chi connectivity index (χ1n) is 8.04. The molecule has 7 nitrogen and oxygen atoms in total. The van der Waals surface area contributed by atoms with Crippen LogP contribution >= 0.6 is 0 Å². The Kier molecular flexibility index (Phi) is 5.66. The molecule has 1 aromatic rings. The van der Waals surface area contributed by atoms with Crippen molar-refractivity contribution in [1.29, 1.82) is 0 Å². The number of carbonyl (C=O) groups is 2. The topological polar surface area (TPSA) is 93.9 Å². The maximum absolute atomic E-state index is 12.4. The Morgan fingerprint density at radius 1 is 1.46 bits per heavy atom. The Morgan fingerprint density at radius 3 is 2.88 bits per heavy atom. The van der Waals surface area contributed by atoms with Crippen molar-refractivity contribution in [1.82, 2.24) is 0 Å². The fourth-order valence-electron chi connectivity index (χ4n) is 2.52. The van der Waals surface area contributed by atoms with Gasteiger partial charge in [-0.2, -0.15) is 0 Å². The van der Waals surface area contributed by atoms with Gasteiger partial charge in [0, 0.05) is 25.7 Å². The summed E-state index contributed by atoms with van der Waals surface area (Å²) in [7, 11) is 0. The van der Waals surface area contributed by atoms with Gasteiger partial charge >= 0.3 is 5.97 Å². The number of carbonyl (C=O) groups excluding carboxylic acids is 2. The molecule has 1 amide bonds. The van der Waals surface area contributed by atoms with Crippen molar-refractivity contribution in [3.05, 3.63) is 18.2 Å². The van der Waals surface area contributed by atoms with Gasteiger partial charge in [0.2, 0.25) is 0 Å². The molecule has 1 saturated heterocycles. The smallest absolute Gasteiger partial charge is 0.302 e. The van der Waals surface area contributed by atoms with Gasteiger partial charge in [-0.15, -0.1) is 0 Å². The lowest BCUT2D eigenvalue weighted by Gasteiger charge is -2.37. The third kappa shape index (κ3) is 4.38. The molecule has 7 heteroatoms. The molecule has 0 atom stereocenters. The number of benzene rings is 1. The number of nitrogens with zero attached hydrogens (tertiary/aromatic N) is 1. The molecule has 2 rings (SSSR count). The molecule has 1 fully saturated rings. The highest BCUT2D eigenvalue weighted by molar-refractivity contribution is 6.00. The van der Waals surface area contributed by atoms with Crippen LogP contribution in [0.15, 0.2) is 18.2 Å². The molecule has 3 N–H and O–H groups in total. The second-order valence-electron chi connectivity index (χ2n) is 6.21. The third-order valence-corrected chi connectivity index (χ3v) is 3.83. The van der Waals surface area contributed by atoms with Crippen molar-refractivity contribution in [2.75, 3.05) is 42.3 Å². The highest BCUT2D eigenvalue weighted by Crippen LogP contribution is 2.29. The number of amides is 1. The molecule has 0 aromatic heterocycles. The molecule has 0 unspecified atom stereocenters. The molecule has 0 spiro atoms. The van der Waals surface area contributed by atoms with Gasteiger partial charge in [-0.3, -0.25) is 9.59 Å². The van der Waals surface area contributed by atoms with Crippen LogP contribution in [0.3, 0.4) is 0 Å². The van der Waals surface area contributed by atoms with Gasteiger partial charge in [0.1, 0.15) is 5.60 Å². The number of rotatable bonds is 6. The number of anilines is 3. The normalized spacial score (nSPS) is 16.8. The van der Waals surface area contributed by atoms with Crippen LogP contribution in [0.5, 0.6) is 0 Å². The van der Waals surface area contributed by atoms with E-state index in [1.165, 1.54) is 6.92 Å². The van der Waals surface area contributed by atoms with E-state index < -0.39 is 5.60 Å². The summed E-state index contributed by atoms with van der Waals surface area (Å²) < 4.78 is 10.4. The largest absolute Gasteiger partial charge is 0.466 e. The van der Waals surface area contributed by atoms with Crippen molar-refractivity contribution in [2.45, 2.75) is 32.8 Å². The van der Waals surface area contributed by atoms with Gasteiger partial charge in [0.15, 0.2) is 0 Å². The Labute approximate surface area is 142 Å². The fraction of sp³-hybridized carbons (Fsp3) is 0.529. The number of nitrogen functional groups attached to an aromatic ring is 1. The molecule has 0 bridgehead atoms. The molecule has 0 saturated carbocycles. The number of nitrogens with two attached hydrogens (primary N) is 1.